The molecule has 0 saturated carbocycles. The molecule has 3 N–H and O–H groups in total. The second-order valence-electron chi connectivity index (χ2n) is 5.19. The molecule has 0 saturated heterocycles. The lowest BCUT2D eigenvalue weighted by Gasteiger charge is -2.17. The summed E-state index contributed by atoms with van der Waals surface area (Å²) >= 11 is 0. The number of rotatable bonds is 3. The maximum absolute atomic E-state index is 11.6. The van der Waals surface area contributed by atoms with Gasteiger partial charge in [-0.3, -0.25) is 4.79 Å². The van der Waals surface area contributed by atoms with E-state index in [0.717, 1.165) is 11.3 Å². The highest BCUT2D eigenvalue weighted by Gasteiger charge is 2.15. The number of hydrogen-bond acceptors (Lipinski definition) is 2. The third kappa shape index (κ3) is 6.29. The zero-order valence-corrected chi connectivity index (χ0v) is 11.4. The van der Waals surface area contributed by atoms with E-state index in [1.54, 1.807) is 0 Å². The number of benzene rings is 1. The molecule has 0 bridgehead atoms. The monoisotopic (exact) mass is 256 g/mol. The van der Waals surface area contributed by atoms with Gasteiger partial charge < -0.3 is 11.1 Å². The normalized spacial score (nSPS) is 10.6. The van der Waals surface area contributed by atoms with Gasteiger partial charge in [0.25, 0.3) is 0 Å². The van der Waals surface area contributed by atoms with Crippen LogP contribution < -0.4 is 11.1 Å². The number of amides is 1. The van der Waals surface area contributed by atoms with Gasteiger partial charge in [0.2, 0.25) is 5.91 Å². The van der Waals surface area contributed by atoms with E-state index >= 15 is 0 Å². The largest absolute Gasteiger partial charge is 0.326 e. The number of hydrogen-bond donors (Lipinski definition) is 2. The van der Waals surface area contributed by atoms with E-state index in [9.17, 15) is 4.79 Å². The third-order valence-corrected chi connectivity index (χ3v) is 2.16. The van der Waals surface area contributed by atoms with Crippen molar-refractivity contribution in [1.29, 1.82) is 0 Å². The fourth-order valence-corrected chi connectivity index (χ4v) is 1.41. The minimum Gasteiger partial charge on any atom is -0.326 e. The molecule has 0 heterocycles. The molecule has 0 aliphatic rings. The molecule has 1 amide bonds. The van der Waals surface area contributed by atoms with Crippen LogP contribution in [0.5, 0.6) is 0 Å². The minimum absolute atomic E-state index is 0. The first-order valence-corrected chi connectivity index (χ1v) is 5.49. The zero-order valence-electron chi connectivity index (χ0n) is 10.6. The fraction of sp³-hybridized carbons (Fsp3) is 0.462. The molecule has 0 aliphatic heterocycles. The van der Waals surface area contributed by atoms with Crippen molar-refractivity contribution >= 4 is 24.0 Å². The van der Waals surface area contributed by atoms with Gasteiger partial charge in [-0.2, -0.15) is 0 Å². The average Bonchev–Trinajstić information content (AvgIpc) is 2.16. The first-order valence-electron chi connectivity index (χ1n) is 5.49. The lowest BCUT2D eigenvalue weighted by molar-refractivity contribution is -0.117. The number of carbonyl (C=O) groups is 1. The van der Waals surface area contributed by atoms with Crippen LogP contribution >= 0.6 is 12.4 Å². The highest BCUT2D eigenvalue weighted by molar-refractivity contribution is 5.91. The molecule has 17 heavy (non-hydrogen) atoms. The Morgan fingerprint density at radius 1 is 1.24 bits per heavy atom. The van der Waals surface area contributed by atoms with E-state index in [0.29, 0.717) is 13.0 Å². The maximum atomic E-state index is 11.6. The molecule has 0 unspecified atom stereocenters. The molecular formula is C13H21ClN2O. The van der Waals surface area contributed by atoms with Crippen LogP contribution in [0.3, 0.4) is 0 Å². The van der Waals surface area contributed by atoms with Gasteiger partial charge in [0.1, 0.15) is 0 Å². The van der Waals surface area contributed by atoms with Crippen molar-refractivity contribution in [3.63, 3.8) is 0 Å². The van der Waals surface area contributed by atoms with Crippen LogP contribution in [-0.2, 0) is 11.3 Å². The van der Waals surface area contributed by atoms with Crippen LogP contribution in [0.15, 0.2) is 24.3 Å². The van der Waals surface area contributed by atoms with Crippen molar-refractivity contribution in [2.45, 2.75) is 33.7 Å². The highest BCUT2D eigenvalue weighted by Crippen LogP contribution is 2.19. The second kappa shape index (κ2) is 6.62. The van der Waals surface area contributed by atoms with E-state index in [-0.39, 0.29) is 23.7 Å². The Balaban J connectivity index is 0.00000256. The highest BCUT2D eigenvalue weighted by atomic mass is 35.5. The summed E-state index contributed by atoms with van der Waals surface area (Å²) in [6, 6.07) is 7.60. The number of halogens is 1. The summed E-state index contributed by atoms with van der Waals surface area (Å²) in [6.07, 6.45) is 0.519. The summed E-state index contributed by atoms with van der Waals surface area (Å²) in [5.74, 6) is 0.0491. The molecule has 1 aromatic carbocycles. The Bertz CT molecular complexity index is 355. The first kappa shape index (κ1) is 15.9. The van der Waals surface area contributed by atoms with Crippen molar-refractivity contribution in [3.05, 3.63) is 29.8 Å². The standard InChI is InChI=1S/C13H20N2O.ClH/c1-13(2,3)8-12(16)15-11-6-4-10(9-14)5-7-11;/h4-7H,8-9,14H2,1-3H3,(H,15,16);1H. The number of carbonyl (C=O) groups excluding carboxylic acids is 1. The van der Waals surface area contributed by atoms with Crippen LogP contribution in [0.25, 0.3) is 0 Å². The summed E-state index contributed by atoms with van der Waals surface area (Å²) in [4.78, 5) is 11.6. The molecule has 0 radical (unpaired) electrons. The molecule has 0 aliphatic carbocycles. The molecule has 3 nitrogen and oxygen atoms in total. The summed E-state index contributed by atoms with van der Waals surface area (Å²) in [5.41, 5.74) is 7.40. The van der Waals surface area contributed by atoms with Crippen molar-refractivity contribution < 1.29 is 4.79 Å². The van der Waals surface area contributed by atoms with Gasteiger partial charge in [0.15, 0.2) is 0 Å². The summed E-state index contributed by atoms with van der Waals surface area (Å²) < 4.78 is 0. The topological polar surface area (TPSA) is 55.1 Å². The van der Waals surface area contributed by atoms with Crippen molar-refractivity contribution in [1.82, 2.24) is 0 Å². The second-order valence-corrected chi connectivity index (χ2v) is 5.19. The molecule has 0 aromatic heterocycles. The van der Waals surface area contributed by atoms with Crippen LogP contribution in [-0.4, -0.2) is 5.91 Å². The van der Waals surface area contributed by atoms with E-state index in [4.69, 9.17) is 5.73 Å². The van der Waals surface area contributed by atoms with Gasteiger partial charge in [-0.1, -0.05) is 32.9 Å². The van der Waals surface area contributed by atoms with Crippen LogP contribution in [0.2, 0.25) is 0 Å². The van der Waals surface area contributed by atoms with Crippen molar-refractivity contribution in [2.75, 3.05) is 5.32 Å². The molecule has 0 spiro atoms. The number of nitrogens with one attached hydrogen (secondary N) is 1. The van der Waals surface area contributed by atoms with E-state index in [1.807, 2.05) is 45.0 Å². The fourth-order valence-electron chi connectivity index (χ4n) is 1.41. The van der Waals surface area contributed by atoms with Crippen molar-refractivity contribution in [3.8, 4) is 0 Å². The molecule has 1 aromatic rings. The molecule has 0 fully saturated rings. The van der Waals surface area contributed by atoms with E-state index in [2.05, 4.69) is 5.32 Å². The van der Waals surface area contributed by atoms with Crippen molar-refractivity contribution in [2.24, 2.45) is 11.1 Å². The molecule has 0 atom stereocenters. The summed E-state index contributed by atoms with van der Waals surface area (Å²) in [5, 5.41) is 2.87. The minimum atomic E-state index is 0. The zero-order chi connectivity index (χ0) is 12.2. The Kier molecular flexibility index (Phi) is 6.21. The van der Waals surface area contributed by atoms with Gasteiger partial charge in [0.05, 0.1) is 0 Å². The van der Waals surface area contributed by atoms with E-state index < -0.39 is 0 Å². The van der Waals surface area contributed by atoms with Gasteiger partial charge in [-0.25, -0.2) is 0 Å². The van der Waals surface area contributed by atoms with Crippen LogP contribution in [0.4, 0.5) is 5.69 Å². The predicted octanol–water partition coefficient (Wildman–Crippen LogP) is 2.94. The van der Waals surface area contributed by atoms with Gasteiger partial charge in [-0.15, -0.1) is 12.4 Å². The quantitative estimate of drug-likeness (QED) is 0.874. The van der Waals surface area contributed by atoms with Gasteiger partial charge in [0, 0.05) is 18.7 Å². The Morgan fingerprint density at radius 2 is 1.76 bits per heavy atom. The molecule has 4 heteroatoms. The lowest BCUT2D eigenvalue weighted by atomic mass is 9.92. The summed E-state index contributed by atoms with van der Waals surface area (Å²) in [6.45, 7) is 6.66. The van der Waals surface area contributed by atoms with Crippen LogP contribution in [0.1, 0.15) is 32.8 Å². The molecular weight excluding hydrogens is 236 g/mol. The first-order chi connectivity index (χ1) is 7.40. The maximum Gasteiger partial charge on any atom is 0.224 e. The predicted molar refractivity (Wildman–Crippen MR) is 74.3 cm³/mol. The Morgan fingerprint density at radius 3 is 2.18 bits per heavy atom. The van der Waals surface area contributed by atoms with Gasteiger partial charge >= 0.3 is 0 Å². The Hall–Kier alpha value is -1.06. The van der Waals surface area contributed by atoms with E-state index in [1.165, 1.54) is 0 Å². The molecule has 96 valence electrons. The lowest BCUT2D eigenvalue weighted by Crippen LogP contribution is -2.19. The Labute approximate surface area is 109 Å². The number of anilines is 1. The van der Waals surface area contributed by atoms with Gasteiger partial charge in [-0.05, 0) is 23.1 Å². The SMILES string of the molecule is CC(C)(C)CC(=O)Nc1ccc(CN)cc1.Cl. The molecule has 1 rings (SSSR count). The summed E-state index contributed by atoms with van der Waals surface area (Å²) in [7, 11) is 0. The van der Waals surface area contributed by atoms with Crippen LogP contribution in [0, 0.1) is 5.41 Å². The number of nitrogens with two attached hydrogens (primary N) is 1. The average molecular weight is 257 g/mol. The third-order valence-electron chi connectivity index (χ3n) is 2.16. The smallest absolute Gasteiger partial charge is 0.224 e.